The molecule has 0 amide bonds. The first-order valence-corrected chi connectivity index (χ1v) is 11.2. The number of ketones is 1. The smallest absolute Gasteiger partial charge is 0.307 e. The van der Waals surface area contributed by atoms with Gasteiger partial charge in [0.2, 0.25) is 0 Å². The molecule has 1 saturated heterocycles. The van der Waals surface area contributed by atoms with Gasteiger partial charge in [-0.1, -0.05) is 48.1 Å². The molecule has 1 N–H and O–H groups in total. The highest BCUT2D eigenvalue weighted by Gasteiger charge is 2.23. The Morgan fingerprint density at radius 3 is 2.70 bits per heavy atom. The number of carbonyl (C=O) groups excluding carboxylic acids is 1. The lowest BCUT2D eigenvalue weighted by Gasteiger charge is -2.23. The van der Waals surface area contributed by atoms with E-state index in [0.717, 1.165) is 52.7 Å². The fourth-order valence-corrected chi connectivity index (χ4v) is 5.03. The molecule has 0 spiro atoms. The largest absolute Gasteiger partial charge is 0.307 e. The van der Waals surface area contributed by atoms with Gasteiger partial charge in [0.25, 0.3) is 0 Å². The van der Waals surface area contributed by atoms with Crippen LogP contribution < -0.4 is 10.2 Å². The zero-order chi connectivity index (χ0) is 21.1. The topological polar surface area (TPSA) is 74.9 Å². The van der Waals surface area contributed by atoms with E-state index in [1.165, 1.54) is 11.3 Å². The third-order valence-corrected chi connectivity index (χ3v) is 6.89. The molecule has 6 heteroatoms. The van der Waals surface area contributed by atoms with Crippen LogP contribution in [0.4, 0.5) is 0 Å². The molecule has 1 fully saturated rings. The lowest BCUT2D eigenvalue weighted by Crippen LogP contribution is -2.41. The fraction of sp³-hybridized carbons (Fsp3) is 0.375. The van der Waals surface area contributed by atoms with Crippen LogP contribution in [0.3, 0.4) is 0 Å². The number of fused-ring (bicyclic) bond motifs is 1. The van der Waals surface area contributed by atoms with Gasteiger partial charge in [0, 0.05) is 13.5 Å². The number of benzene rings is 2. The first-order chi connectivity index (χ1) is 14.5. The third-order valence-electron chi connectivity index (χ3n) is 5.89. The van der Waals surface area contributed by atoms with Crippen LogP contribution in [0.2, 0.25) is 0 Å². The van der Waals surface area contributed by atoms with Gasteiger partial charge >= 0.3 is 4.87 Å². The summed E-state index contributed by atoms with van der Waals surface area (Å²) in [7, 11) is 1.79. The number of nitrogens with one attached hydrogen (secondary N) is 1. The van der Waals surface area contributed by atoms with E-state index in [2.05, 4.69) is 11.4 Å². The molecule has 0 unspecified atom stereocenters. The molecular weight excluding hydrogens is 394 g/mol. The second kappa shape index (κ2) is 8.95. The average Bonchev–Trinajstić information content (AvgIpc) is 3.07. The monoisotopic (exact) mass is 419 g/mol. The van der Waals surface area contributed by atoms with Crippen LogP contribution in [0.5, 0.6) is 0 Å². The van der Waals surface area contributed by atoms with Crippen LogP contribution in [-0.4, -0.2) is 22.9 Å². The van der Waals surface area contributed by atoms with Crippen molar-refractivity contribution >= 4 is 27.3 Å². The van der Waals surface area contributed by atoms with Gasteiger partial charge in [0.15, 0.2) is 5.78 Å². The molecule has 3 aromatic rings. The Bertz CT molecular complexity index is 1150. The number of aryl methyl sites for hydroxylation is 1. The number of Topliss-reactive ketones (excluding diaryl/α,β-unsaturated/α-hetero) is 1. The summed E-state index contributed by atoms with van der Waals surface area (Å²) >= 11 is 1.25. The quantitative estimate of drug-likeness (QED) is 0.654. The predicted octanol–water partition coefficient (Wildman–Crippen LogP) is 4.05. The minimum absolute atomic E-state index is 0.0398. The summed E-state index contributed by atoms with van der Waals surface area (Å²) in [6.07, 6.45) is 3.96. The Hall–Kier alpha value is -2.75. The van der Waals surface area contributed by atoms with Gasteiger partial charge in [0.05, 0.1) is 28.2 Å². The van der Waals surface area contributed by atoms with E-state index in [0.29, 0.717) is 12.8 Å². The number of nitriles is 1. The van der Waals surface area contributed by atoms with Crippen molar-refractivity contribution in [1.29, 1.82) is 5.26 Å². The van der Waals surface area contributed by atoms with Gasteiger partial charge in [-0.25, -0.2) is 0 Å². The SMILES string of the molecule is Cn1c(=O)sc2cc(-c3ccc(C[C@@H](C#N)CC(=O)[C@@H]4CCCCN4)cc3)ccc21. The van der Waals surface area contributed by atoms with Crippen LogP contribution >= 0.6 is 11.3 Å². The Balaban J connectivity index is 1.44. The maximum atomic E-state index is 12.5. The average molecular weight is 420 g/mol. The van der Waals surface area contributed by atoms with Crippen LogP contribution in [0, 0.1) is 17.2 Å². The minimum atomic E-state index is -0.301. The number of thiazole rings is 1. The number of hydrogen-bond acceptors (Lipinski definition) is 5. The van der Waals surface area contributed by atoms with E-state index >= 15 is 0 Å². The van der Waals surface area contributed by atoms with Crippen LogP contribution in [0.1, 0.15) is 31.2 Å². The van der Waals surface area contributed by atoms with Crippen LogP contribution in [0.15, 0.2) is 47.3 Å². The summed E-state index contributed by atoms with van der Waals surface area (Å²) in [5.74, 6) is -0.141. The molecule has 5 nitrogen and oxygen atoms in total. The number of hydrogen-bond donors (Lipinski definition) is 1. The van der Waals surface area contributed by atoms with Gasteiger partial charge in [-0.2, -0.15) is 5.26 Å². The number of nitrogens with zero attached hydrogens (tertiary/aromatic N) is 2. The summed E-state index contributed by atoms with van der Waals surface area (Å²) < 4.78 is 2.64. The van der Waals surface area contributed by atoms with E-state index in [1.807, 2.05) is 42.5 Å². The zero-order valence-corrected chi connectivity index (χ0v) is 17.9. The summed E-state index contributed by atoms with van der Waals surface area (Å²) in [6.45, 7) is 0.890. The van der Waals surface area contributed by atoms with Crippen molar-refractivity contribution in [1.82, 2.24) is 9.88 Å². The molecule has 154 valence electrons. The van der Waals surface area contributed by atoms with Gasteiger partial charge < -0.3 is 9.88 Å². The van der Waals surface area contributed by atoms with Crippen LogP contribution in [-0.2, 0) is 18.3 Å². The van der Waals surface area contributed by atoms with Gasteiger partial charge in [-0.15, -0.1) is 0 Å². The summed E-state index contributed by atoms with van der Waals surface area (Å²) in [4.78, 5) is 24.4. The lowest BCUT2D eigenvalue weighted by molar-refractivity contribution is -0.122. The Kier molecular flexibility index (Phi) is 6.12. The molecule has 1 aliphatic heterocycles. The third kappa shape index (κ3) is 4.38. The van der Waals surface area contributed by atoms with E-state index in [9.17, 15) is 14.9 Å². The standard InChI is InChI=1S/C24H25N3O2S/c1-27-21-10-9-19(14-23(21)30-24(27)29)18-7-5-16(6-8-18)12-17(15-25)13-22(28)20-4-2-3-11-26-20/h5-10,14,17,20,26H,2-4,11-13H2,1H3/t17-,20+/m1/s1. The minimum Gasteiger partial charge on any atom is -0.307 e. The number of piperidine rings is 1. The Morgan fingerprint density at radius 2 is 2.00 bits per heavy atom. The van der Waals surface area contributed by atoms with Crippen molar-refractivity contribution in [3.8, 4) is 17.2 Å². The predicted molar refractivity (Wildman–Crippen MR) is 121 cm³/mol. The van der Waals surface area contributed by atoms with Crippen molar-refractivity contribution in [2.45, 2.75) is 38.1 Å². The maximum absolute atomic E-state index is 12.5. The second-order valence-corrected chi connectivity index (χ2v) is 9.00. The van der Waals surface area contributed by atoms with E-state index in [1.54, 1.807) is 11.6 Å². The molecule has 1 aliphatic rings. The maximum Gasteiger partial charge on any atom is 0.307 e. The zero-order valence-electron chi connectivity index (χ0n) is 17.1. The number of carbonyl (C=O) groups is 1. The van der Waals surface area contributed by atoms with E-state index in [4.69, 9.17) is 0 Å². The van der Waals surface area contributed by atoms with Crippen molar-refractivity contribution in [2.24, 2.45) is 13.0 Å². The summed E-state index contributed by atoms with van der Waals surface area (Å²) in [5, 5.41) is 12.8. The number of aromatic nitrogens is 1. The molecule has 4 rings (SSSR count). The highest BCUT2D eigenvalue weighted by molar-refractivity contribution is 7.16. The molecule has 0 aliphatic carbocycles. The van der Waals surface area contributed by atoms with Crippen LogP contribution in [0.25, 0.3) is 21.3 Å². The molecule has 0 radical (unpaired) electrons. The van der Waals surface area contributed by atoms with E-state index in [-0.39, 0.29) is 22.6 Å². The molecular formula is C24H25N3O2S. The highest BCUT2D eigenvalue weighted by Crippen LogP contribution is 2.27. The first-order valence-electron chi connectivity index (χ1n) is 10.4. The lowest BCUT2D eigenvalue weighted by atomic mass is 9.90. The molecule has 30 heavy (non-hydrogen) atoms. The molecule has 1 aromatic heterocycles. The van der Waals surface area contributed by atoms with E-state index < -0.39 is 0 Å². The Labute approximate surface area is 180 Å². The van der Waals surface area contributed by atoms with Crippen molar-refractivity contribution in [2.75, 3.05) is 6.54 Å². The van der Waals surface area contributed by atoms with Crippen molar-refractivity contribution in [3.63, 3.8) is 0 Å². The van der Waals surface area contributed by atoms with Gasteiger partial charge in [0.1, 0.15) is 0 Å². The molecule has 2 atom stereocenters. The first kappa shape index (κ1) is 20.5. The fourth-order valence-electron chi connectivity index (χ4n) is 4.11. The summed E-state index contributed by atoms with van der Waals surface area (Å²) in [6, 6.07) is 16.4. The molecule has 0 saturated carbocycles. The van der Waals surface area contributed by atoms with Crippen molar-refractivity contribution < 1.29 is 4.79 Å². The Morgan fingerprint density at radius 1 is 1.23 bits per heavy atom. The second-order valence-electron chi connectivity index (χ2n) is 8.01. The highest BCUT2D eigenvalue weighted by atomic mass is 32.1. The summed E-state index contributed by atoms with van der Waals surface area (Å²) in [5.41, 5.74) is 4.13. The molecule has 0 bridgehead atoms. The molecule has 2 aromatic carbocycles. The number of rotatable bonds is 6. The van der Waals surface area contributed by atoms with Crippen molar-refractivity contribution in [3.05, 3.63) is 57.7 Å². The normalized spacial score (nSPS) is 17.5. The molecule has 2 heterocycles. The van der Waals surface area contributed by atoms with Gasteiger partial charge in [-0.3, -0.25) is 9.59 Å². The van der Waals surface area contributed by atoms with Gasteiger partial charge in [-0.05, 0) is 54.6 Å².